The second-order valence-electron chi connectivity index (χ2n) is 6.15. The van der Waals surface area contributed by atoms with Gasteiger partial charge in [0.15, 0.2) is 0 Å². The van der Waals surface area contributed by atoms with Crippen molar-refractivity contribution in [3.63, 3.8) is 0 Å². The number of rotatable bonds is 7. The average Bonchev–Trinajstić information content (AvgIpc) is 2.87. The minimum atomic E-state index is 0.471. The molecule has 1 aliphatic rings. The van der Waals surface area contributed by atoms with E-state index in [0.717, 1.165) is 18.9 Å². The normalized spacial score (nSPS) is 17.8. The number of hydrogen-bond donors (Lipinski definition) is 1. The third kappa shape index (κ3) is 4.54. The standard InChI is InChI=1S/C17H27NO/c1-15(2)18-14-17(10-6-7-11-17)12-13-19-16-8-4-3-5-9-16/h3-5,8-9,15,18H,6-7,10-14H2,1-2H3. The molecule has 106 valence electrons. The van der Waals surface area contributed by atoms with Gasteiger partial charge in [0.05, 0.1) is 6.61 Å². The minimum Gasteiger partial charge on any atom is -0.494 e. The van der Waals surface area contributed by atoms with Crippen molar-refractivity contribution in [1.29, 1.82) is 0 Å². The van der Waals surface area contributed by atoms with E-state index in [1.165, 1.54) is 32.1 Å². The molecule has 2 nitrogen and oxygen atoms in total. The van der Waals surface area contributed by atoms with E-state index in [4.69, 9.17) is 4.74 Å². The van der Waals surface area contributed by atoms with Crippen molar-refractivity contribution in [2.24, 2.45) is 5.41 Å². The van der Waals surface area contributed by atoms with Crippen LogP contribution in [0.5, 0.6) is 5.75 Å². The van der Waals surface area contributed by atoms with Crippen molar-refractivity contribution in [1.82, 2.24) is 5.32 Å². The molecule has 1 aliphatic carbocycles. The van der Waals surface area contributed by atoms with Crippen LogP contribution in [0.3, 0.4) is 0 Å². The summed E-state index contributed by atoms with van der Waals surface area (Å²) in [5.41, 5.74) is 0.471. The molecule has 0 bridgehead atoms. The Balaban J connectivity index is 1.80. The lowest BCUT2D eigenvalue weighted by Crippen LogP contribution is -2.37. The number of para-hydroxylation sites is 1. The van der Waals surface area contributed by atoms with Gasteiger partial charge < -0.3 is 10.1 Å². The second-order valence-corrected chi connectivity index (χ2v) is 6.15. The van der Waals surface area contributed by atoms with Crippen LogP contribution >= 0.6 is 0 Å². The zero-order valence-electron chi connectivity index (χ0n) is 12.3. The molecular weight excluding hydrogens is 234 g/mol. The average molecular weight is 261 g/mol. The number of nitrogens with one attached hydrogen (secondary N) is 1. The summed E-state index contributed by atoms with van der Waals surface area (Å²) in [5.74, 6) is 0.993. The Morgan fingerprint density at radius 2 is 1.84 bits per heavy atom. The highest BCUT2D eigenvalue weighted by molar-refractivity contribution is 5.20. The Morgan fingerprint density at radius 3 is 2.47 bits per heavy atom. The first kappa shape index (κ1) is 14.4. The van der Waals surface area contributed by atoms with Gasteiger partial charge in [-0.25, -0.2) is 0 Å². The Kier molecular flexibility index (Phi) is 5.26. The zero-order chi connectivity index (χ0) is 13.6. The fraction of sp³-hybridized carbons (Fsp3) is 0.647. The quantitative estimate of drug-likeness (QED) is 0.800. The van der Waals surface area contributed by atoms with Crippen molar-refractivity contribution in [3.05, 3.63) is 30.3 Å². The number of ether oxygens (including phenoxy) is 1. The van der Waals surface area contributed by atoms with Crippen molar-refractivity contribution in [3.8, 4) is 5.75 Å². The summed E-state index contributed by atoms with van der Waals surface area (Å²) in [6.07, 6.45) is 6.63. The molecule has 1 fully saturated rings. The van der Waals surface area contributed by atoms with Gasteiger partial charge in [-0.15, -0.1) is 0 Å². The molecule has 0 unspecified atom stereocenters. The molecule has 0 atom stereocenters. The predicted octanol–water partition coefficient (Wildman–Crippen LogP) is 4.01. The molecule has 0 heterocycles. The summed E-state index contributed by atoms with van der Waals surface area (Å²) in [5, 5.41) is 3.62. The number of hydrogen-bond acceptors (Lipinski definition) is 2. The van der Waals surface area contributed by atoms with Gasteiger partial charge in [-0.2, -0.15) is 0 Å². The van der Waals surface area contributed by atoms with Crippen LogP contribution in [0.2, 0.25) is 0 Å². The SMILES string of the molecule is CC(C)NCC1(CCOc2ccccc2)CCCC1. The van der Waals surface area contributed by atoms with E-state index >= 15 is 0 Å². The van der Waals surface area contributed by atoms with E-state index in [1.807, 2.05) is 30.3 Å². The molecule has 0 radical (unpaired) electrons. The first-order valence-electron chi connectivity index (χ1n) is 7.61. The van der Waals surface area contributed by atoms with E-state index in [-0.39, 0.29) is 0 Å². The van der Waals surface area contributed by atoms with Gasteiger partial charge >= 0.3 is 0 Å². The maximum Gasteiger partial charge on any atom is 0.119 e. The van der Waals surface area contributed by atoms with Crippen LogP contribution in [0.25, 0.3) is 0 Å². The highest BCUT2D eigenvalue weighted by Crippen LogP contribution is 2.40. The molecule has 0 amide bonds. The lowest BCUT2D eigenvalue weighted by atomic mass is 9.82. The molecule has 1 saturated carbocycles. The molecule has 0 aromatic heterocycles. The van der Waals surface area contributed by atoms with E-state index in [2.05, 4.69) is 19.2 Å². The highest BCUT2D eigenvalue weighted by Gasteiger charge is 2.33. The molecule has 2 heteroatoms. The smallest absolute Gasteiger partial charge is 0.119 e. The third-order valence-electron chi connectivity index (χ3n) is 4.19. The largest absolute Gasteiger partial charge is 0.494 e. The molecule has 0 spiro atoms. The molecule has 19 heavy (non-hydrogen) atoms. The fourth-order valence-corrected chi connectivity index (χ4v) is 2.96. The molecule has 1 N–H and O–H groups in total. The van der Waals surface area contributed by atoms with E-state index in [1.54, 1.807) is 0 Å². The van der Waals surface area contributed by atoms with E-state index < -0.39 is 0 Å². The molecule has 1 aromatic carbocycles. The van der Waals surface area contributed by atoms with Gasteiger partial charge in [0.2, 0.25) is 0 Å². The maximum absolute atomic E-state index is 5.87. The first-order chi connectivity index (χ1) is 9.20. The molecule has 1 aromatic rings. The summed E-state index contributed by atoms with van der Waals surface area (Å²) in [4.78, 5) is 0. The third-order valence-corrected chi connectivity index (χ3v) is 4.19. The molecule has 2 rings (SSSR count). The van der Waals surface area contributed by atoms with Crippen molar-refractivity contribution in [2.75, 3.05) is 13.2 Å². The van der Waals surface area contributed by atoms with Crippen molar-refractivity contribution >= 4 is 0 Å². The lowest BCUT2D eigenvalue weighted by molar-refractivity contribution is 0.189. The van der Waals surface area contributed by atoms with Crippen molar-refractivity contribution in [2.45, 2.75) is 52.0 Å². The van der Waals surface area contributed by atoms with E-state index in [0.29, 0.717) is 11.5 Å². The molecular formula is C17H27NO. The monoisotopic (exact) mass is 261 g/mol. The topological polar surface area (TPSA) is 21.3 Å². The maximum atomic E-state index is 5.87. The Hall–Kier alpha value is -1.02. The lowest BCUT2D eigenvalue weighted by Gasteiger charge is -2.30. The number of benzene rings is 1. The van der Waals surface area contributed by atoms with Crippen LogP contribution in [-0.2, 0) is 0 Å². The van der Waals surface area contributed by atoms with Crippen molar-refractivity contribution < 1.29 is 4.74 Å². The first-order valence-corrected chi connectivity index (χ1v) is 7.61. The minimum absolute atomic E-state index is 0.471. The summed E-state index contributed by atoms with van der Waals surface area (Å²) in [7, 11) is 0. The van der Waals surface area contributed by atoms with Gasteiger partial charge in [0.25, 0.3) is 0 Å². The summed E-state index contributed by atoms with van der Waals surface area (Å²) >= 11 is 0. The van der Waals surface area contributed by atoms with Crippen LogP contribution in [0, 0.1) is 5.41 Å². The van der Waals surface area contributed by atoms with Crippen LogP contribution in [0.4, 0.5) is 0 Å². The summed E-state index contributed by atoms with van der Waals surface area (Å²) in [6.45, 7) is 6.43. The molecule has 0 aliphatic heterocycles. The Morgan fingerprint density at radius 1 is 1.16 bits per heavy atom. The van der Waals surface area contributed by atoms with Crippen LogP contribution in [0.15, 0.2) is 30.3 Å². The Labute approximate surface area is 117 Å². The van der Waals surface area contributed by atoms with Gasteiger partial charge in [0, 0.05) is 12.6 Å². The zero-order valence-corrected chi connectivity index (χ0v) is 12.3. The van der Waals surface area contributed by atoms with Gasteiger partial charge in [-0.05, 0) is 36.8 Å². The van der Waals surface area contributed by atoms with E-state index in [9.17, 15) is 0 Å². The fourth-order valence-electron chi connectivity index (χ4n) is 2.96. The van der Waals surface area contributed by atoms with Crippen LogP contribution in [0.1, 0.15) is 46.0 Å². The van der Waals surface area contributed by atoms with Gasteiger partial charge in [-0.3, -0.25) is 0 Å². The highest BCUT2D eigenvalue weighted by atomic mass is 16.5. The van der Waals surface area contributed by atoms with Crippen LogP contribution < -0.4 is 10.1 Å². The van der Waals surface area contributed by atoms with Gasteiger partial charge in [0.1, 0.15) is 5.75 Å². The predicted molar refractivity (Wildman–Crippen MR) is 80.6 cm³/mol. The summed E-state index contributed by atoms with van der Waals surface area (Å²) < 4.78 is 5.87. The second kappa shape index (κ2) is 6.95. The van der Waals surface area contributed by atoms with Gasteiger partial charge in [-0.1, -0.05) is 44.9 Å². The van der Waals surface area contributed by atoms with Crippen LogP contribution in [-0.4, -0.2) is 19.2 Å². The Bertz CT molecular complexity index is 355. The summed E-state index contributed by atoms with van der Waals surface area (Å²) in [6, 6.07) is 10.7. The molecule has 0 saturated heterocycles.